The molecule has 184 valence electrons. The predicted molar refractivity (Wildman–Crippen MR) is 132 cm³/mol. The average molecular weight is 458 g/mol. The fourth-order valence-corrected chi connectivity index (χ4v) is 6.24. The van der Waals surface area contributed by atoms with E-state index in [1.807, 2.05) is 38.8 Å². The summed E-state index contributed by atoms with van der Waals surface area (Å²) < 4.78 is 0. The summed E-state index contributed by atoms with van der Waals surface area (Å²) in [5.41, 5.74) is 11.5. The molecule has 0 aliphatic heterocycles. The second-order valence-corrected chi connectivity index (χ2v) is 10.7. The van der Waals surface area contributed by atoms with Gasteiger partial charge < -0.3 is 16.8 Å². The van der Waals surface area contributed by atoms with Crippen LogP contribution >= 0.6 is 0 Å². The van der Waals surface area contributed by atoms with Crippen LogP contribution in [0, 0.1) is 23.7 Å². The standard InChI is InChI=1S/C26H43N5O2/c1-17(2)31(4)26(3,25(28)33)22(24(32)30-16-18-12-13-23(27)29-15-18)14-20-10-7-9-19-8-5-6-11-21(19)20/h12-13,15,17,19-22H,5-11,14,16H2,1-4H3,(H2,27,29)(H2,28,33)(H,30,32)/t19?,20?,21?,22-,26?/m1/s1. The van der Waals surface area contributed by atoms with Crippen LogP contribution in [-0.4, -0.2) is 40.3 Å². The average Bonchev–Trinajstić information content (AvgIpc) is 2.80. The monoisotopic (exact) mass is 457 g/mol. The Kier molecular flexibility index (Phi) is 8.38. The largest absolute Gasteiger partial charge is 0.384 e. The van der Waals surface area contributed by atoms with Crippen molar-refractivity contribution in [3.63, 3.8) is 0 Å². The molecule has 2 fully saturated rings. The van der Waals surface area contributed by atoms with Crippen LogP contribution in [0.25, 0.3) is 0 Å². The maximum absolute atomic E-state index is 13.7. The van der Waals surface area contributed by atoms with Gasteiger partial charge >= 0.3 is 0 Å². The Morgan fingerprint density at radius 2 is 1.88 bits per heavy atom. The fourth-order valence-electron chi connectivity index (χ4n) is 6.24. The third kappa shape index (κ3) is 5.68. The van der Waals surface area contributed by atoms with Crippen LogP contribution in [0.2, 0.25) is 0 Å². The fraction of sp³-hybridized carbons (Fsp3) is 0.731. The van der Waals surface area contributed by atoms with Crippen molar-refractivity contribution >= 4 is 17.6 Å². The van der Waals surface area contributed by atoms with E-state index in [9.17, 15) is 9.59 Å². The van der Waals surface area contributed by atoms with Gasteiger partial charge in [0.1, 0.15) is 11.4 Å². The number of carbonyl (C=O) groups excluding carboxylic acids is 2. The van der Waals surface area contributed by atoms with E-state index < -0.39 is 17.4 Å². The van der Waals surface area contributed by atoms with E-state index in [1.165, 1.54) is 38.5 Å². The van der Waals surface area contributed by atoms with Gasteiger partial charge in [0, 0.05) is 18.8 Å². The molecule has 0 radical (unpaired) electrons. The molecule has 7 heteroatoms. The molecule has 2 aliphatic carbocycles. The van der Waals surface area contributed by atoms with Crippen molar-refractivity contribution in [2.24, 2.45) is 29.4 Å². The number of anilines is 1. The summed E-state index contributed by atoms with van der Waals surface area (Å²) in [7, 11) is 1.91. The number of nitrogens with one attached hydrogen (secondary N) is 1. The van der Waals surface area contributed by atoms with E-state index in [4.69, 9.17) is 11.5 Å². The molecule has 0 saturated heterocycles. The predicted octanol–water partition coefficient (Wildman–Crippen LogP) is 3.48. The van der Waals surface area contributed by atoms with E-state index in [0.29, 0.717) is 30.6 Å². The molecule has 5 atom stereocenters. The van der Waals surface area contributed by atoms with Crippen LogP contribution in [-0.2, 0) is 16.1 Å². The van der Waals surface area contributed by atoms with E-state index >= 15 is 0 Å². The quantitative estimate of drug-likeness (QED) is 0.525. The van der Waals surface area contributed by atoms with Crippen LogP contribution < -0.4 is 16.8 Å². The van der Waals surface area contributed by atoms with Crippen molar-refractivity contribution in [1.82, 2.24) is 15.2 Å². The normalized spacial score (nSPS) is 25.8. The van der Waals surface area contributed by atoms with Crippen molar-refractivity contribution in [1.29, 1.82) is 0 Å². The summed E-state index contributed by atoms with van der Waals surface area (Å²) in [6.45, 7) is 6.27. The molecular formula is C26H43N5O2. The van der Waals surface area contributed by atoms with Crippen molar-refractivity contribution < 1.29 is 9.59 Å². The van der Waals surface area contributed by atoms with Gasteiger partial charge in [-0.25, -0.2) is 4.98 Å². The number of nitrogen functional groups attached to an aromatic ring is 1. The lowest BCUT2D eigenvalue weighted by atomic mass is 9.62. The molecule has 2 aliphatic rings. The van der Waals surface area contributed by atoms with Crippen LogP contribution in [0.3, 0.4) is 0 Å². The summed E-state index contributed by atoms with van der Waals surface area (Å²) in [5, 5.41) is 3.08. The first-order valence-corrected chi connectivity index (χ1v) is 12.7. The van der Waals surface area contributed by atoms with E-state index in [2.05, 4.69) is 10.3 Å². The summed E-state index contributed by atoms with van der Waals surface area (Å²) in [6, 6.07) is 3.66. The number of aromatic nitrogens is 1. The minimum Gasteiger partial charge on any atom is -0.384 e. The lowest BCUT2D eigenvalue weighted by Gasteiger charge is -2.47. The van der Waals surface area contributed by atoms with Crippen LogP contribution in [0.15, 0.2) is 18.3 Å². The number of amides is 2. The smallest absolute Gasteiger partial charge is 0.238 e. The minimum absolute atomic E-state index is 0.0767. The van der Waals surface area contributed by atoms with Gasteiger partial charge in [-0.05, 0) is 70.0 Å². The summed E-state index contributed by atoms with van der Waals surface area (Å²) in [6.07, 6.45) is 11.2. The summed E-state index contributed by atoms with van der Waals surface area (Å²) in [4.78, 5) is 32.7. The Bertz CT molecular complexity index is 809. The van der Waals surface area contributed by atoms with Crippen LogP contribution in [0.1, 0.15) is 77.7 Å². The molecule has 0 aromatic carbocycles. The van der Waals surface area contributed by atoms with Gasteiger partial charge in [0.2, 0.25) is 11.8 Å². The molecule has 2 saturated carbocycles. The Hall–Kier alpha value is -2.15. The number of hydrogen-bond donors (Lipinski definition) is 3. The van der Waals surface area contributed by atoms with Gasteiger partial charge in [-0.15, -0.1) is 0 Å². The molecule has 0 spiro atoms. The highest BCUT2D eigenvalue weighted by atomic mass is 16.2. The first-order valence-electron chi connectivity index (χ1n) is 12.7. The van der Waals surface area contributed by atoms with Gasteiger partial charge in [0.05, 0.1) is 5.92 Å². The van der Waals surface area contributed by atoms with E-state index in [1.54, 1.807) is 12.3 Å². The van der Waals surface area contributed by atoms with E-state index in [-0.39, 0.29) is 11.9 Å². The maximum Gasteiger partial charge on any atom is 0.238 e. The second kappa shape index (κ2) is 10.9. The number of pyridine rings is 1. The van der Waals surface area contributed by atoms with E-state index in [0.717, 1.165) is 17.9 Å². The van der Waals surface area contributed by atoms with Crippen LogP contribution in [0.4, 0.5) is 5.82 Å². The zero-order valence-corrected chi connectivity index (χ0v) is 20.8. The van der Waals surface area contributed by atoms with Crippen molar-refractivity contribution in [2.75, 3.05) is 12.8 Å². The van der Waals surface area contributed by atoms with Gasteiger partial charge in [0.25, 0.3) is 0 Å². The lowest BCUT2D eigenvalue weighted by Crippen LogP contribution is -2.64. The molecule has 0 bridgehead atoms. The number of nitrogens with two attached hydrogens (primary N) is 2. The zero-order valence-electron chi connectivity index (χ0n) is 20.8. The number of rotatable bonds is 9. The first-order chi connectivity index (χ1) is 15.6. The molecule has 3 rings (SSSR count). The molecule has 2 amide bonds. The number of carbonyl (C=O) groups is 2. The van der Waals surface area contributed by atoms with Gasteiger partial charge in [-0.2, -0.15) is 0 Å². The SMILES string of the molecule is CC(C)N(C)C(C)(C(N)=O)[C@H](CC1CCCC2CCCCC21)C(=O)NCc1ccc(N)nc1. The van der Waals surface area contributed by atoms with Gasteiger partial charge in [0.15, 0.2) is 0 Å². The molecule has 1 aromatic heterocycles. The third-order valence-corrected chi connectivity index (χ3v) is 8.58. The lowest BCUT2D eigenvalue weighted by molar-refractivity contribution is -0.144. The third-order valence-electron chi connectivity index (χ3n) is 8.58. The summed E-state index contributed by atoms with van der Waals surface area (Å²) in [5.74, 6) is 1.26. The number of fused-ring (bicyclic) bond motifs is 1. The Balaban J connectivity index is 1.86. The number of nitrogens with zero attached hydrogens (tertiary/aromatic N) is 2. The maximum atomic E-state index is 13.7. The molecule has 33 heavy (non-hydrogen) atoms. The minimum atomic E-state index is -1.07. The van der Waals surface area contributed by atoms with Gasteiger partial charge in [-0.1, -0.05) is 44.6 Å². The molecule has 1 heterocycles. The van der Waals surface area contributed by atoms with Crippen molar-refractivity contribution in [2.45, 2.75) is 90.3 Å². The first kappa shape index (κ1) is 25.5. The highest BCUT2D eigenvalue weighted by molar-refractivity contribution is 5.92. The molecule has 7 nitrogen and oxygen atoms in total. The van der Waals surface area contributed by atoms with Crippen molar-refractivity contribution in [3.8, 4) is 0 Å². The number of primary amides is 1. The molecular weight excluding hydrogens is 414 g/mol. The Morgan fingerprint density at radius 3 is 2.52 bits per heavy atom. The topological polar surface area (TPSA) is 114 Å². The summed E-state index contributed by atoms with van der Waals surface area (Å²) >= 11 is 0. The zero-order chi connectivity index (χ0) is 24.2. The van der Waals surface area contributed by atoms with Gasteiger partial charge in [-0.3, -0.25) is 14.5 Å². The second-order valence-electron chi connectivity index (χ2n) is 10.7. The number of hydrogen-bond acceptors (Lipinski definition) is 5. The molecule has 4 unspecified atom stereocenters. The van der Waals surface area contributed by atoms with Crippen LogP contribution in [0.5, 0.6) is 0 Å². The number of likely N-dealkylation sites (N-methyl/N-ethyl adjacent to an activating group) is 1. The van der Waals surface area contributed by atoms with Crippen molar-refractivity contribution in [3.05, 3.63) is 23.9 Å². The molecule has 5 N–H and O–H groups in total. The highest BCUT2D eigenvalue weighted by Gasteiger charge is 2.50. The molecule has 1 aromatic rings. The highest BCUT2D eigenvalue weighted by Crippen LogP contribution is 2.47. The Labute approximate surface area is 199 Å². The Morgan fingerprint density at radius 1 is 1.18 bits per heavy atom.